The van der Waals surface area contributed by atoms with Crippen LogP contribution in [0.4, 0.5) is 0 Å². The summed E-state index contributed by atoms with van der Waals surface area (Å²) in [5, 5.41) is 0. The predicted molar refractivity (Wildman–Crippen MR) is 74.2 cm³/mol. The van der Waals surface area contributed by atoms with E-state index in [1.54, 1.807) is 6.92 Å². The summed E-state index contributed by atoms with van der Waals surface area (Å²) in [4.78, 5) is 15.5. The minimum atomic E-state index is 0.184. The van der Waals surface area contributed by atoms with Gasteiger partial charge in [0.2, 0.25) is 5.91 Å². The second kappa shape index (κ2) is 10.6. The average Bonchev–Trinajstić information content (AvgIpc) is 2.29. The van der Waals surface area contributed by atoms with Crippen LogP contribution < -0.4 is 0 Å². The molecule has 0 atom stereocenters. The van der Waals surface area contributed by atoms with Crippen molar-refractivity contribution in [3.8, 4) is 0 Å². The highest BCUT2D eigenvalue weighted by Gasteiger charge is 2.06. The average molecular weight is 242 g/mol. The molecule has 0 aromatic heterocycles. The molecule has 0 aliphatic carbocycles. The van der Waals surface area contributed by atoms with Crippen LogP contribution in [-0.2, 0) is 4.79 Å². The van der Waals surface area contributed by atoms with E-state index in [-0.39, 0.29) is 5.91 Å². The van der Waals surface area contributed by atoms with Gasteiger partial charge in [-0.05, 0) is 26.9 Å². The summed E-state index contributed by atoms with van der Waals surface area (Å²) in [7, 11) is 2.15. The second-order valence-corrected chi connectivity index (χ2v) is 4.82. The zero-order valence-corrected chi connectivity index (χ0v) is 12.2. The van der Waals surface area contributed by atoms with E-state index in [0.29, 0.717) is 0 Å². The molecular weight excluding hydrogens is 212 g/mol. The number of carbonyl (C=O) groups is 1. The number of nitrogens with zero attached hydrogens (tertiary/aromatic N) is 2. The molecule has 0 aliphatic heterocycles. The maximum Gasteiger partial charge on any atom is 0.219 e. The molecule has 0 heterocycles. The van der Waals surface area contributed by atoms with E-state index >= 15 is 0 Å². The number of unbranched alkanes of at least 4 members (excludes halogenated alkanes) is 4. The number of hydrogen-bond acceptors (Lipinski definition) is 2. The van der Waals surface area contributed by atoms with Crippen LogP contribution in [0.15, 0.2) is 0 Å². The molecule has 0 aliphatic rings. The molecule has 0 rings (SSSR count). The zero-order valence-electron chi connectivity index (χ0n) is 12.2. The third kappa shape index (κ3) is 9.16. The van der Waals surface area contributed by atoms with Gasteiger partial charge in [0.15, 0.2) is 0 Å². The number of amides is 1. The third-order valence-corrected chi connectivity index (χ3v) is 3.22. The first-order chi connectivity index (χ1) is 8.11. The highest BCUT2D eigenvalue weighted by molar-refractivity contribution is 5.73. The molecule has 3 nitrogen and oxygen atoms in total. The van der Waals surface area contributed by atoms with Crippen LogP contribution in [0.1, 0.15) is 52.9 Å². The third-order valence-electron chi connectivity index (χ3n) is 3.22. The number of rotatable bonds is 10. The largest absolute Gasteiger partial charge is 0.342 e. The van der Waals surface area contributed by atoms with E-state index in [9.17, 15) is 4.79 Å². The van der Waals surface area contributed by atoms with Gasteiger partial charge in [0.1, 0.15) is 0 Å². The zero-order chi connectivity index (χ0) is 13.1. The van der Waals surface area contributed by atoms with Gasteiger partial charge in [-0.1, -0.05) is 32.6 Å². The van der Waals surface area contributed by atoms with Crippen molar-refractivity contribution in [3.63, 3.8) is 0 Å². The molecule has 0 saturated heterocycles. The van der Waals surface area contributed by atoms with Gasteiger partial charge in [-0.3, -0.25) is 4.79 Å². The molecule has 0 unspecified atom stereocenters. The fraction of sp³-hybridized carbons (Fsp3) is 0.929. The molecule has 0 radical (unpaired) electrons. The molecule has 1 amide bonds. The van der Waals surface area contributed by atoms with Crippen molar-refractivity contribution in [2.24, 2.45) is 0 Å². The molecule has 0 N–H and O–H groups in total. The maximum absolute atomic E-state index is 11.2. The van der Waals surface area contributed by atoms with Crippen LogP contribution in [0, 0.1) is 0 Å². The molecule has 0 saturated carbocycles. The maximum atomic E-state index is 11.2. The summed E-state index contributed by atoms with van der Waals surface area (Å²) in [6.07, 6.45) is 6.64. The lowest BCUT2D eigenvalue weighted by Crippen LogP contribution is -2.36. The van der Waals surface area contributed by atoms with E-state index in [0.717, 1.165) is 26.2 Å². The fourth-order valence-electron chi connectivity index (χ4n) is 1.93. The molecule has 102 valence electrons. The first-order valence-corrected chi connectivity index (χ1v) is 7.05. The normalized spacial score (nSPS) is 10.9. The lowest BCUT2D eigenvalue weighted by atomic mass is 10.1. The van der Waals surface area contributed by atoms with Crippen molar-refractivity contribution < 1.29 is 4.79 Å². The summed E-state index contributed by atoms with van der Waals surface area (Å²) in [6.45, 7) is 9.74. The van der Waals surface area contributed by atoms with Crippen molar-refractivity contribution in [1.29, 1.82) is 0 Å². The van der Waals surface area contributed by atoms with Crippen molar-refractivity contribution in [1.82, 2.24) is 9.80 Å². The molecule has 0 aromatic rings. The first kappa shape index (κ1) is 16.4. The van der Waals surface area contributed by atoms with E-state index in [1.807, 2.05) is 11.8 Å². The van der Waals surface area contributed by atoms with Crippen molar-refractivity contribution in [2.45, 2.75) is 52.9 Å². The highest BCUT2D eigenvalue weighted by Crippen LogP contribution is 2.03. The summed E-state index contributed by atoms with van der Waals surface area (Å²) >= 11 is 0. The second-order valence-electron chi connectivity index (χ2n) is 4.82. The van der Waals surface area contributed by atoms with Gasteiger partial charge in [0.05, 0.1) is 0 Å². The van der Waals surface area contributed by atoms with Crippen LogP contribution in [0.2, 0.25) is 0 Å². The Kier molecular flexibility index (Phi) is 10.2. The first-order valence-electron chi connectivity index (χ1n) is 7.05. The quantitative estimate of drug-likeness (QED) is 0.550. The van der Waals surface area contributed by atoms with Crippen molar-refractivity contribution in [3.05, 3.63) is 0 Å². The van der Waals surface area contributed by atoms with Crippen molar-refractivity contribution >= 4 is 5.91 Å². The summed E-state index contributed by atoms with van der Waals surface area (Å²) in [5.41, 5.74) is 0. The minimum absolute atomic E-state index is 0.184. The van der Waals surface area contributed by atoms with E-state index < -0.39 is 0 Å². The van der Waals surface area contributed by atoms with Gasteiger partial charge in [-0.15, -0.1) is 0 Å². The topological polar surface area (TPSA) is 23.6 Å². The number of likely N-dealkylation sites (N-methyl/N-ethyl adjacent to an activating group) is 2. The van der Waals surface area contributed by atoms with Crippen LogP contribution in [0.3, 0.4) is 0 Å². The van der Waals surface area contributed by atoms with Gasteiger partial charge in [0.25, 0.3) is 0 Å². The Balaban J connectivity index is 3.51. The fourth-order valence-corrected chi connectivity index (χ4v) is 1.93. The van der Waals surface area contributed by atoms with Gasteiger partial charge in [-0.2, -0.15) is 0 Å². The minimum Gasteiger partial charge on any atom is -0.342 e. The van der Waals surface area contributed by atoms with E-state index in [4.69, 9.17) is 0 Å². The van der Waals surface area contributed by atoms with Gasteiger partial charge >= 0.3 is 0 Å². The summed E-state index contributed by atoms with van der Waals surface area (Å²) in [6, 6.07) is 0. The molecule has 3 heteroatoms. The van der Waals surface area contributed by atoms with Gasteiger partial charge in [-0.25, -0.2) is 0 Å². The SMILES string of the molecule is CCCCCCCN(C)CCN(CC)C(C)=O. The van der Waals surface area contributed by atoms with E-state index in [2.05, 4.69) is 18.9 Å². The van der Waals surface area contributed by atoms with Gasteiger partial charge < -0.3 is 9.80 Å². The summed E-state index contributed by atoms with van der Waals surface area (Å²) < 4.78 is 0. The number of hydrogen-bond donors (Lipinski definition) is 0. The smallest absolute Gasteiger partial charge is 0.219 e. The Morgan fingerprint density at radius 2 is 1.59 bits per heavy atom. The molecule has 17 heavy (non-hydrogen) atoms. The Morgan fingerprint density at radius 1 is 0.941 bits per heavy atom. The van der Waals surface area contributed by atoms with Crippen LogP contribution in [-0.4, -0.2) is 48.9 Å². The Hall–Kier alpha value is -0.570. The molecule has 0 bridgehead atoms. The molecule has 0 fully saturated rings. The van der Waals surface area contributed by atoms with Crippen molar-refractivity contribution in [2.75, 3.05) is 33.2 Å². The van der Waals surface area contributed by atoms with E-state index in [1.165, 1.54) is 32.1 Å². The van der Waals surface area contributed by atoms with Crippen LogP contribution in [0.5, 0.6) is 0 Å². The molecule has 0 aromatic carbocycles. The number of carbonyl (C=O) groups excluding carboxylic acids is 1. The van der Waals surface area contributed by atoms with Crippen LogP contribution >= 0.6 is 0 Å². The Bertz CT molecular complexity index is 195. The molecular formula is C14H30N2O. The predicted octanol–water partition coefficient (Wildman–Crippen LogP) is 2.76. The standard InChI is InChI=1S/C14H30N2O/c1-5-7-8-9-10-11-15(4)12-13-16(6-2)14(3)17/h5-13H2,1-4H3. The Morgan fingerprint density at radius 3 is 2.12 bits per heavy atom. The lowest BCUT2D eigenvalue weighted by Gasteiger charge is -2.23. The highest BCUT2D eigenvalue weighted by atomic mass is 16.2. The monoisotopic (exact) mass is 242 g/mol. The molecule has 0 spiro atoms. The lowest BCUT2D eigenvalue weighted by molar-refractivity contribution is -0.128. The summed E-state index contributed by atoms with van der Waals surface area (Å²) in [5.74, 6) is 0.184. The Labute approximate surface area is 107 Å². The van der Waals surface area contributed by atoms with Crippen LogP contribution in [0.25, 0.3) is 0 Å². The van der Waals surface area contributed by atoms with Gasteiger partial charge in [0, 0.05) is 26.6 Å².